The Bertz CT molecular complexity index is 554. The first kappa shape index (κ1) is 14.8. The van der Waals surface area contributed by atoms with E-state index >= 15 is 0 Å². The zero-order valence-electron chi connectivity index (χ0n) is 10.9. The van der Waals surface area contributed by atoms with Gasteiger partial charge in [0.2, 0.25) is 0 Å². The highest BCUT2D eigenvalue weighted by atomic mass is 35.5. The van der Waals surface area contributed by atoms with E-state index in [1.165, 1.54) is 0 Å². The van der Waals surface area contributed by atoms with Crippen LogP contribution in [0.1, 0.15) is 32.0 Å². The van der Waals surface area contributed by atoms with E-state index in [9.17, 15) is 0 Å². The molecule has 1 unspecified atom stereocenters. The van der Waals surface area contributed by atoms with Crippen LogP contribution in [-0.4, -0.2) is 11.5 Å². The zero-order chi connectivity index (χ0) is 13.8. The average Bonchev–Trinajstić information content (AvgIpc) is 2.85. The fourth-order valence-electron chi connectivity index (χ4n) is 1.74. The molecule has 0 saturated heterocycles. The van der Waals surface area contributed by atoms with E-state index in [1.807, 2.05) is 12.1 Å². The third-order valence-electron chi connectivity index (χ3n) is 2.83. The van der Waals surface area contributed by atoms with Gasteiger partial charge in [0.15, 0.2) is 0 Å². The fraction of sp³-hybridized carbons (Fsp3) is 0.357. The normalized spacial score (nSPS) is 12.6. The summed E-state index contributed by atoms with van der Waals surface area (Å²) in [5.74, 6) is 0. The monoisotopic (exact) mass is 314 g/mol. The Morgan fingerprint density at radius 2 is 2.16 bits per heavy atom. The van der Waals surface area contributed by atoms with Crippen LogP contribution >= 0.6 is 34.5 Å². The lowest BCUT2D eigenvalue weighted by Gasteiger charge is -2.09. The van der Waals surface area contributed by atoms with Gasteiger partial charge in [0.25, 0.3) is 0 Å². The molecule has 102 valence electrons. The number of hydrogen-bond donors (Lipinski definition) is 1. The van der Waals surface area contributed by atoms with Crippen LogP contribution < -0.4 is 5.32 Å². The maximum absolute atomic E-state index is 6.20. The van der Waals surface area contributed by atoms with Crippen molar-refractivity contribution in [3.05, 3.63) is 39.3 Å². The second kappa shape index (κ2) is 6.71. The molecule has 2 rings (SSSR count). The SMILES string of the molecule is CCCNC(C)c1csc(-c2ccc(Cl)cc2Cl)n1. The van der Waals surface area contributed by atoms with Crippen LogP contribution in [0.15, 0.2) is 23.6 Å². The molecular formula is C14H16Cl2N2S. The predicted octanol–water partition coefficient (Wildman–Crippen LogP) is 5.18. The molecular weight excluding hydrogens is 299 g/mol. The minimum Gasteiger partial charge on any atom is -0.309 e. The van der Waals surface area contributed by atoms with Gasteiger partial charge < -0.3 is 5.32 Å². The molecule has 1 aromatic carbocycles. The summed E-state index contributed by atoms with van der Waals surface area (Å²) >= 11 is 13.7. The smallest absolute Gasteiger partial charge is 0.125 e. The van der Waals surface area contributed by atoms with E-state index in [-0.39, 0.29) is 6.04 Å². The van der Waals surface area contributed by atoms with Gasteiger partial charge in [-0.25, -0.2) is 4.98 Å². The van der Waals surface area contributed by atoms with E-state index in [4.69, 9.17) is 23.2 Å². The summed E-state index contributed by atoms with van der Waals surface area (Å²) in [6, 6.07) is 5.76. The minimum absolute atomic E-state index is 0.260. The molecule has 1 atom stereocenters. The Morgan fingerprint density at radius 1 is 1.37 bits per heavy atom. The van der Waals surface area contributed by atoms with Gasteiger partial charge in [0.1, 0.15) is 5.01 Å². The first-order chi connectivity index (χ1) is 9.11. The van der Waals surface area contributed by atoms with Crippen LogP contribution in [0.4, 0.5) is 0 Å². The van der Waals surface area contributed by atoms with Gasteiger partial charge >= 0.3 is 0 Å². The van der Waals surface area contributed by atoms with Crippen LogP contribution in [0.25, 0.3) is 10.6 Å². The summed E-state index contributed by atoms with van der Waals surface area (Å²) in [6.45, 7) is 5.27. The fourth-order valence-corrected chi connectivity index (χ4v) is 3.24. The quantitative estimate of drug-likeness (QED) is 0.822. The topological polar surface area (TPSA) is 24.9 Å². The Hall–Kier alpha value is -0.610. The molecule has 0 aliphatic rings. The molecule has 19 heavy (non-hydrogen) atoms. The van der Waals surface area contributed by atoms with Crippen molar-refractivity contribution >= 4 is 34.5 Å². The summed E-state index contributed by atoms with van der Waals surface area (Å²) in [4.78, 5) is 4.65. The molecule has 0 aliphatic heterocycles. The molecule has 0 aliphatic carbocycles. The predicted molar refractivity (Wildman–Crippen MR) is 84.3 cm³/mol. The van der Waals surface area contributed by atoms with Gasteiger partial charge in [-0.2, -0.15) is 0 Å². The largest absolute Gasteiger partial charge is 0.309 e. The van der Waals surface area contributed by atoms with Gasteiger partial charge in [0, 0.05) is 22.0 Å². The van der Waals surface area contributed by atoms with Gasteiger partial charge in [0.05, 0.1) is 10.7 Å². The summed E-state index contributed by atoms with van der Waals surface area (Å²) in [6.07, 6.45) is 1.12. The molecule has 0 bridgehead atoms. The molecule has 1 N–H and O–H groups in total. The molecule has 0 radical (unpaired) electrons. The molecule has 0 fully saturated rings. The lowest BCUT2D eigenvalue weighted by Crippen LogP contribution is -2.19. The average molecular weight is 315 g/mol. The summed E-state index contributed by atoms with van der Waals surface area (Å²) < 4.78 is 0. The molecule has 5 heteroatoms. The number of hydrogen-bond acceptors (Lipinski definition) is 3. The van der Waals surface area contributed by atoms with Crippen molar-refractivity contribution in [1.29, 1.82) is 0 Å². The molecule has 0 saturated carbocycles. The third-order valence-corrected chi connectivity index (χ3v) is 4.27. The molecule has 0 amide bonds. The van der Waals surface area contributed by atoms with Crippen molar-refractivity contribution < 1.29 is 0 Å². The number of nitrogens with zero attached hydrogens (tertiary/aromatic N) is 1. The molecule has 2 nitrogen and oxygen atoms in total. The van der Waals surface area contributed by atoms with Gasteiger partial charge in [-0.15, -0.1) is 11.3 Å². The lowest BCUT2D eigenvalue weighted by atomic mass is 10.2. The number of rotatable bonds is 5. The van der Waals surface area contributed by atoms with Crippen molar-refractivity contribution in [2.45, 2.75) is 26.3 Å². The summed E-state index contributed by atoms with van der Waals surface area (Å²) in [5, 5.41) is 7.72. The lowest BCUT2D eigenvalue weighted by molar-refractivity contribution is 0.561. The standard InChI is InChI=1S/C14H16Cl2N2S/c1-3-6-17-9(2)13-8-19-14(18-13)11-5-4-10(15)7-12(11)16/h4-5,7-9,17H,3,6H2,1-2H3. The second-order valence-corrected chi connectivity index (χ2v) is 6.08. The van der Waals surface area contributed by atoms with Crippen LogP contribution in [0.5, 0.6) is 0 Å². The van der Waals surface area contributed by atoms with Gasteiger partial charge in [-0.1, -0.05) is 30.1 Å². The van der Waals surface area contributed by atoms with Crippen LogP contribution in [0.3, 0.4) is 0 Å². The van der Waals surface area contributed by atoms with Crippen LogP contribution in [0, 0.1) is 0 Å². The Morgan fingerprint density at radius 3 is 2.84 bits per heavy atom. The molecule has 1 heterocycles. The Labute approximate surface area is 127 Å². The highest BCUT2D eigenvalue weighted by Gasteiger charge is 2.12. The van der Waals surface area contributed by atoms with Crippen LogP contribution in [-0.2, 0) is 0 Å². The highest BCUT2D eigenvalue weighted by molar-refractivity contribution is 7.13. The summed E-state index contributed by atoms with van der Waals surface area (Å²) in [7, 11) is 0. The van der Waals surface area contributed by atoms with E-state index in [0.29, 0.717) is 10.0 Å². The van der Waals surface area contributed by atoms with Gasteiger partial charge in [-0.3, -0.25) is 0 Å². The van der Waals surface area contributed by atoms with Crippen molar-refractivity contribution in [2.24, 2.45) is 0 Å². The Balaban J connectivity index is 2.20. The maximum atomic E-state index is 6.20. The molecule has 2 aromatic rings. The van der Waals surface area contributed by atoms with E-state index in [0.717, 1.165) is 29.2 Å². The van der Waals surface area contributed by atoms with Crippen molar-refractivity contribution in [3.8, 4) is 10.6 Å². The number of thiazole rings is 1. The highest BCUT2D eigenvalue weighted by Crippen LogP contribution is 2.33. The van der Waals surface area contributed by atoms with E-state index in [1.54, 1.807) is 17.4 Å². The maximum Gasteiger partial charge on any atom is 0.125 e. The van der Waals surface area contributed by atoms with Crippen LogP contribution in [0.2, 0.25) is 10.0 Å². The minimum atomic E-state index is 0.260. The third kappa shape index (κ3) is 3.69. The number of benzene rings is 1. The number of halogens is 2. The first-order valence-corrected chi connectivity index (χ1v) is 7.89. The van der Waals surface area contributed by atoms with Crippen molar-refractivity contribution in [3.63, 3.8) is 0 Å². The molecule has 0 spiro atoms. The first-order valence-electron chi connectivity index (χ1n) is 6.26. The molecule has 1 aromatic heterocycles. The van der Waals surface area contributed by atoms with Gasteiger partial charge in [-0.05, 0) is 38.1 Å². The second-order valence-electron chi connectivity index (χ2n) is 4.38. The number of aromatic nitrogens is 1. The van der Waals surface area contributed by atoms with Crippen molar-refractivity contribution in [1.82, 2.24) is 10.3 Å². The van der Waals surface area contributed by atoms with Crippen molar-refractivity contribution in [2.75, 3.05) is 6.54 Å². The van der Waals surface area contributed by atoms with E-state index in [2.05, 4.69) is 29.5 Å². The zero-order valence-corrected chi connectivity index (χ0v) is 13.2. The number of nitrogens with one attached hydrogen (secondary N) is 1. The Kier molecular flexibility index (Phi) is 5.22. The van der Waals surface area contributed by atoms with E-state index < -0.39 is 0 Å². The summed E-state index contributed by atoms with van der Waals surface area (Å²) in [5.41, 5.74) is 1.99.